The second-order valence-electron chi connectivity index (χ2n) is 4.36. The zero-order valence-corrected chi connectivity index (χ0v) is 12.3. The second-order valence-corrected chi connectivity index (χ2v) is 6.04. The fourth-order valence-corrected chi connectivity index (χ4v) is 3.00. The molecule has 0 aliphatic heterocycles. The normalized spacial score (nSPS) is 12.0. The predicted octanol–water partition coefficient (Wildman–Crippen LogP) is 1.48. The molecule has 0 bridgehead atoms. The van der Waals surface area contributed by atoms with Crippen molar-refractivity contribution in [3.8, 4) is 5.75 Å². The number of carboxylic acids is 1. The van der Waals surface area contributed by atoms with Crippen LogP contribution in [0.2, 0.25) is 0 Å². The summed E-state index contributed by atoms with van der Waals surface area (Å²) in [5, 5.41) is 8.58. The lowest BCUT2D eigenvalue weighted by molar-refractivity contribution is -0.131. The third kappa shape index (κ3) is 4.36. The van der Waals surface area contributed by atoms with Crippen LogP contribution in [0.15, 0.2) is 29.2 Å². The van der Waals surface area contributed by atoms with Crippen molar-refractivity contribution in [2.75, 3.05) is 7.11 Å². The summed E-state index contributed by atoms with van der Waals surface area (Å²) in [6.07, 6.45) is 2.25. The van der Waals surface area contributed by atoms with E-state index < -0.39 is 16.0 Å². The molecule has 0 aliphatic rings. The summed E-state index contributed by atoms with van der Waals surface area (Å²) in [5.41, 5.74) is 0.456. The van der Waals surface area contributed by atoms with Gasteiger partial charge in [-0.1, -0.05) is 6.07 Å². The lowest BCUT2D eigenvalue weighted by Crippen LogP contribution is -2.30. The van der Waals surface area contributed by atoms with Crippen LogP contribution in [0.1, 0.15) is 19.4 Å². The first-order chi connectivity index (χ1) is 9.26. The van der Waals surface area contributed by atoms with Gasteiger partial charge in [-0.2, -0.15) is 0 Å². The highest BCUT2D eigenvalue weighted by atomic mass is 32.2. The minimum atomic E-state index is -3.72. The molecule has 1 aromatic carbocycles. The van der Waals surface area contributed by atoms with Gasteiger partial charge in [-0.05, 0) is 37.6 Å². The van der Waals surface area contributed by atoms with E-state index in [4.69, 9.17) is 9.84 Å². The molecule has 110 valence electrons. The first kappa shape index (κ1) is 16.2. The summed E-state index contributed by atoms with van der Waals surface area (Å²) in [6, 6.07) is 4.16. The second kappa shape index (κ2) is 6.53. The highest BCUT2D eigenvalue weighted by Gasteiger charge is 2.20. The number of hydrogen-bond donors (Lipinski definition) is 2. The molecule has 0 saturated carbocycles. The molecule has 0 atom stereocenters. The van der Waals surface area contributed by atoms with Crippen molar-refractivity contribution in [3.05, 3.63) is 29.8 Å². The Hall–Kier alpha value is -1.86. The Kier molecular flexibility index (Phi) is 5.29. The number of rotatable bonds is 6. The fraction of sp³-hybridized carbons (Fsp3) is 0.308. The summed E-state index contributed by atoms with van der Waals surface area (Å²) >= 11 is 0. The molecule has 0 unspecified atom stereocenters. The SMILES string of the molecule is COc1ccc(/C=C/C(=O)O)cc1S(=O)(=O)NC(C)C. The van der Waals surface area contributed by atoms with E-state index in [2.05, 4.69) is 4.72 Å². The topological polar surface area (TPSA) is 92.7 Å². The average molecular weight is 299 g/mol. The van der Waals surface area contributed by atoms with Crippen LogP contribution < -0.4 is 9.46 Å². The first-order valence-corrected chi connectivity index (χ1v) is 7.36. The Labute approximate surface area is 118 Å². The molecule has 2 N–H and O–H groups in total. The minimum Gasteiger partial charge on any atom is -0.495 e. The molecular weight excluding hydrogens is 282 g/mol. The summed E-state index contributed by atoms with van der Waals surface area (Å²) in [7, 11) is -2.35. The lowest BCUT2D eigenvalue weighted by Gasteiger charge is -2.13. The van der Waals surface area contributed by atoms with Gasteiger partial charge in [0.25, 0.3) is 0 Å². The Balaban J connectivity index is 3.29. The molecule has 0 radical (unpaired) electrons. The molecule has 7 heteroatoms. The molecule has 6 nitrogen and oxygen atoms in total. The van der Waals surface area contributed by atoms with Gasteiger partial charge in [0.05, 0.1) is 7.11 Å². The van der Waals surface area contributed by atoms with E-state index in [0.717, 1.165) is 6.08 Å². The Morgan fingerprint density at radius 2 is 2.05 bits per heavy atom. The van der Waals surface area contributed by atoms with Crippen LogP contribution in [0.4, 0.5) is 0 Å². The van der Waals surface area contributed by atoms with Gasteiger partial charge in [0.2, 0.25) is 10.0 Å². The van der Waals surface area contributed by atoms with Crippen LogP contribution in [0.25, 0.3) is 6.08 Å². The Morgan fingerprint density at radius 1 is 1.40 bits per heavy atom. The maximum Gasteiger partial charge on any atom is 0.328 e. The zero-order valence-electron chi connectivity index (χ0n) is 11.5. The van der Waals surface area contributed by atoms with Crippen molar-refractivity contribution in [3.63, 3.8) is 0 Å². The van der Waals surface area contributed by atoms with E-state index in [1.807, 2.05) is 0 Å². The summed E-state index contributed by atoms with van der Waals surface area (Å²) in [6.45, 7) is 3.41. The number of methoxy groups -OCH3 is 1. The van der Waals surface area contributed by atoms with Crippen LogP contribution in [0.3, 0.4) is 0 Å². The van der Waals surface area contributed by atoms with Gasteiger partial charge in [-0.25, -0.2) is 17.9 Å². The van der Waals surface area contributed by atoms with Gasteiger partial charge in [0.15, 0.2) is 0 Å². The number of hydrogen-bond acceptors (Lipinski definition) is 4. The monoisotopic (exact) mass is 299 g/mol. The number of ether oxygens (including phenoxy) is 1. The molecule has 20 heavy (non-hydrogen) atoms. The van der Waals surface area contributed by atoms with E-state index in [-0.39, 0.29) is 16.7 Å². The van der Waals surface area contributed by atoms with Gasteiger partial charge in [0.1, 0.15) is 10.6 Å². The number of carbonyl (C=O) groups is 1. The van der Waals surface area contributed by atoms with Crippen molar-refractivity contribution >= 4 is 22.1 Å². The number of sulfonamides is 1. The van der Waals surface area contributed by atoms with Crippen LogP contribution in [-0.4, -0.2) is 32.6 Å². The molecule has 0 aromatic heterocycles. The van der Waals surface area contributed by atoms with E-state index in [1.54, 1.807) is 19.9 Å². The molecule has 0 fully saturated rings. The minimum absolute atomic E-state index is 0.0266. The first-order valence-electron chi connectivity index (χ1n) is 5.87. The molecule has 1 rings (SSSR count). The largest absolute Gasteiger partial charge is 0.495 e. The van der Waals surface area contributed by atoms with Gasteiger partial charge < -0.3 is 9.84 Å². The van der Waals surface area contributed by atoms with Crippen molar-refractivity contribution in [2.24, 2.45) is 0 Å². The number of aliphatic carboxylic acids is 1. The maximum atomic E-state index is 12.2. The van der Waals surface area contributed by atoms with Gasteiger partial charge in [-0.3, -0.25) is 0 Å². The average Bonchev–Trinajstić information content (AvgIpc) is 2.34. The van der Waals surface area contributed by atoms with Gasteiger partial charge in [0, 0.05) is 12.1 Å². The van der Waals surface area contributed by atoms with E-state index in [0.29, 0.717) is 5.56 Å². The molecule has 0 amide bonds. The van der Waals surface area contributed by atoms with Crippen molar-refractivity contribution < 1.29 is 23.1 Å². The van der Waals surface area contributed by atoms with Crippen LogP contribution in [0.5, 0.6) is 5.75 Å². The molecule has 0 aliphatic carbocycles. The third-order valence-corrected chi connectivity index (χ3v) is 3.97. The fourth-order valence-electron chi connectivity index (χ4n) is 1.55. The maximum absolute atomic E-state index is 12.2. The van der Waals surface area contributed by atoms with Crippen molar-refractivity contribution in [1.29, 1.82) is 0 Å². The van der Waals surface area contributed by atoms with Crippen LogP contribution >= 0.6 is 0 Å². The predicted molar refractivity (Wildman–Crippen MR) is 75.1 cm³/mol. The summed E-state index contributed by atoms with van der Waals surface area (Å²) < 4.78 is 31.9. The Morgan fingerprint density at radius 3 is 2.55 bits per heavy atom. The lowest BCUT2D eigenvalue weighted by atomic mass is 10.2. The molecule has 0 spiro atoms. The van der Waals surface area contributed by atoms with Crippen molar-refractivity contribution in [1.82, 2.24) is 4.72 Å². The van der Waals surface area contributed by atoms with Gasteiger partial charge in [-0.15, -0.1) is 0 Å². The highest BCUT2D eigenvalue weighted by molar-refractivity contribution is 7.89. The number of benzene rings is 1. The Bertz CT molecular complexity index is 620. The van der Waals surface area contributed by atoms with Crippen LogP contribution in [0, 0.1) is 0 Å². The summed E-state index contributed by atoms with van der Waals surface area (Å²) in [4.78, 5) is 10.5. The van der Waals surface area contributed by atoms with E-state index in [9.17, 15) is 13.2 Å². The van der Waals surface area contributed by atoms with E-state index >= 15 is 0 Å². The molecule has 0 heterocycles. The quantitative estimate of drug-likeness (QED) is 0.776. The van der Waals surface area contributed by atoms with Crippen molar-refractivity contribution in [2.45, 2.75) is 24.8 Å². The van der Waals surface area contributed by atoms with Gasteiger partial charge >= 0.3 is 5.97 Å². The van der Waals surface area contributed by atoms with Crippen LogP contribution in [-0.2, 0) is 14.8 Å². The third-order valence-electron chi connectivity index (χ3n) is 2.29. The summed E-state index contributed by atoms with van der Waals surface area (Å²) in [5.74, 6) is -0.906. The molecule has 1 aromatic rings. The molecule has 0 saturated heterocycles. The number of nitrogens with one attached hydrogen (secondary N) is 1. The smallest absolute Gasteiger partial charge is 0.328 e. The number of carboxylic acid groups (broad SMARTS) is 1. The van der Waals surface area contributed by atoms with E-state index in [1.165, 1.54) is 25.3 Å². The zero-order chi connectivity index (χ0) is 15.3. The highest BCUT2D eigenvalue weighted by Crippen LogP contribution is 2.25. The standard InChI is InChI=1S/C13H17NO5S/c1-9(2)14-20(17,18)12-8-10(5-7-13(15)16)4-6-11(12)19-3/h4-9,14H,1-3H3,(H,15,16)/b7-5+. The molecular formula is C13H17NO5S.